The molecule has 128 valence electrons. The van der Waals surface area contributed by atoms with Gasteiger partial charge < -0.3 is 10.1 Å². The van der Waals surface area contributed by atoms with Crippen molar-refractivity contribution in [2.24, 2.45) is 0 Å². The van der Waals surface area contributed by atoms with Gasteiger partial charge in [-0.3, -0.25) is 0 Å². The molecule has 0 radical (unpaired) electrons. The lowest BCUT2D eigenvalue weighted by Gasteiger charge is -2.23. The van der Waals surface area contributed by atoms with Crippen LogP contribution in [0.5, 0.6) is 5.75 Å². The first-order chi connectivity index (χ1) is 12.3. The van der Waals surface area contributed by atoms with Crippen molar-refractivity contribution in [1.82, 2.24) is 25.1 Å². The van der Waals surface area contributed by atoms with E-state index in [9.17, 15) is 0 Å². The SMILES string of the molecule is Cc1nc(-n2cncn2)ccc1-c1ccc(OC2CCNCC2)cc1. The van der Waals surface area contributed by atoms with E-state index < -0.39 is 0 Å². The van der Waals surface area contributed by atoms with E-state index >= 15 is 0 Å². The van der Waals surface area contributed by atoms with Crippen molar-refractivity contribution in [1.29, 1.82) is 0 Å². The van der Waals surface area contributed by atoms with Crippen molar-refractivity contribution in [3.8, 4) is 22.7 Å². The van der Waals surface area contributed by atoms with Gasteiger partial charge in [0.05, 0.1) is 0 Å². The summed E-state index contributed by atoms with van der Waals surface area (Å²) in [5.74, 6) is 1.70. The number of nitrogens with zero attached hydrogens (tertiary/aromatic N) is 4. The van der Waals surface area contributed by atoms with Gasteiger partial charge >= 0.3 is 0 Å². The molecular formula is C19H21N5O. The number of pyridine rings is 1. The maximum atomic E-state index is 6.07. The molecule has 3 heterocycles. The number of rotatable bonds is 4. The average Bonchev–Trinajstić information content (AvgIpc) is 3.18. The molecule has 0 spiro atoms. The summed E-state index contributed by atoms with van der Waals surface area (Å²) in [6.45, 7) is 4.08. The van der Waals surface area contributed by atoms with E-state index in [1.54, 1.807) is 11.0 Å². The van der Waals surface area contributed by atoms with Crippen LogP contribution in [-0.2, 0) is 0 Å². The van der Waals surface area contributed by atoms with Crippen molar-refractivity contribution in [3.05, 3.63) is 54.7 Å². The summed E-state index contributed by atoms with van der Waals surface area (Å²) in [6, 6.07) is 12.3. The Bertz CT molecular complexity index is 824. The molecule has 0 saturated carbocycles. The Morgan fingerprint density at radius 3 is 2.56 bits per heavy atom. The van der Waals surface area contributed by atoms with E-state index in [0.717, 1.165) is 54.3 Å². The summed E-state index contributed by atoms with van der Waals surface area (Å²) in [6.07, 6.45) is 5.60. The van der Waals surface area contributed by atoms with Gasteiger partial charge in [-0.2, -0.15) is 5.10 Å². The molecule has 1 saturated heterocycles. The van der Waals surface area contributed by atoms with E-state index in [0.29, 0.717) is 6.10 Å². The molecule has 1 N–H and O–H groups in total. The highest BCUT2D eigenvalue weighted by Gasteiger charge is 2.14. The minimum absolute atomic E-state index is 0.317. The van der Waals surface area contributed by atoms with E-state index in [2.05, 4.69) is 38.6 Å². The Morgan fingerprint density at radius 2 is 1.88 bits per heavy atom. The minimum Gasteiger partial charge on any atom is -0.490 e. The highest BCUT2D eigenvalue weighted by molar-refractivity contribution is 5.67. The highest BCUT2D eigenvalue weighted by Crippen LogP contribution is 2.26. The van der Waals surface area contributed by atoms with Crippen LogP contribution in [0.1, 0.15) is 18.5 Å². The van der Waals surface area contributed by atoms with Gasteiger partial charge in [0.2, 0.25) is 0 Å². The predicted molar refractivity (Wildman–Crippen MR) is 95.8 cm³/mol. The summed E-state index contributed by atoms with van der Waals surface area (Å²) in [5.41, 5.74) is 3.20. The van der Waals surface area contributed by atoms with Crippen LogP contribution in [0.15, 0.2) is 49.1 Å². The fraction of sp³-hybridized carbons (Fsp3) is 0.316. The standard InChI is InChI=1S/C19H21N5O/c1-14-18(6-7-19(23-14)24-13-21-12-22-24)15-2-4-16(5-3-15)25-17-8-10-20-11-9-17/h2-7,12-13,17,20H,8-11H2,1H3. The Hall–Kier alpha value is -2.73. The molecule has 0 atom stereocenters. The van der Waals surface area contributed by atoms with Gasteiger partial charge in [-0.05, 0) is 62.7 Å². The number of hydrogen-bond donors (Lipinski definition) is 1. The van der Waals surface area contributed by atoms with Crippen molar-refractivity contribution in [2.75, 3.05) is 13.1 Å². The third-order valence-electron chi connectivity index (χ3n) is 4.48. The zero-order valence-corrected chi connectivity index (χ0v) is 14.2. The first-order valence-corrected chi connectivity index (χ1v) is 8.60. The van der Waals surface area contributed by atoms with Crippen LogP contribution < -0.4 is 10.1 Å². The summed E-state index contributed by atoms with van der Waals surface area (Å²) >= 11 is 0. The molecule has 0 aliphatic carbocycles. The van der Waals surface area contributed by atoms with Crippen LogP contribution in [0.25, 0.3) is 16.9 Å². The topological polar surface area (TPSA) is 64.9 Å². The molecule has 4 rings (SSSR count). The molecule has 1 aliphatic rings. The summed E-state index contributed by atoms with van der Waals surface area (Å²) < 4.78 is 7.73. The second-order valence-corrected chi connectivity index (χ2v) is 6.23. The lowest BCUT2D eigenvalue weighted by molar-refractivity contribution is 0.162. The molecule has 6 heteroatoms. The molecule has 3 aromatic rings. The molecule has 0 amide bonds. The van der Waals surface area contributed by atoms with Crippen LogP contribution in [0.3, 0.4) is 0 Å². The molecule has 1 aliphatic heterocycles. The fourth-order valence-electron chi connectivity index (χ4n) is 3.13. The van der Waals surface area contributed by atoms with Crippen LogP contribution in [0, 0.1) is 6.92 Å². The minimum atomic E-state index is 0.317. The molecule has 1 aromatic carbocycles. The van der Waals surface area contributed by atoms with Gasteiger partial charge in [0.25, 0.3) is 0 Å². The van der Waals surface area contributed by atoms with E-state index in [1.165, 1.54) is 6.33 Å². The van der Waals surface area contributed by atoms with Crippen LogP contribution in [0.4, 0.5) is 0 Å². The number of aromatic nitrogens is 4. The van der Waals surface area contributed by atoms with Gasteiger partial charge in [0.1, 0.15) is 24.5 Å². The molecule has 1 fully saturated rings. The smallest absolute Gasteiger partial charge is 0.155 e. The van der Waals surface area contributed by atoms with Gasteiger partial charge in [-0.25, -0.2) is 14.6 Å². The third kappa shape index (κ3) is 3.53. The summed E-state index contributed by atoms with van der Waals surface area (Å²) in [5, 5.41) is 7.47. The van der Waals surface area contributed by atoms with Gasteiger partial charge in [0, 0.05) is 11.3 Å². The number of ether oxygens (including phenoxy) is 1. The molecule has 6 nitrogen and oxygen atoms in total. The van der Waals surface area contributed by atoms with Gasteiger partial charge in [0.15, 0.2) is 5.82 Å². The van der Waals surface area contributed by atoms with Crippen LogP contribution in [-0.4, -0.2) is 38.9 Å². The van der Waals surface area contributed by atoms with Crippen molar-refractivity contribution >= 4 is 0 Å². The van der Waals surface area contributed by atoms with Crippen LogP contribution >= 0.6 is 0 Å². The van der Waals surface area contributed by atoms with Gasteiger partial charge in [-0.1, -0.05) is 12.1 Å². The second-order valence-electron chi connectivity index (χ2n) is 6.23. The Morgan fingerprint density at radius 1 is 1.08 bits per heavy atom. The number of aryl methyl sites for hydroxylation is 1. The molecule has 25 heavy (non-hydrogen) atoms. The normalized spacial score (nSPS) is 15.2. The summed E-state index contributed by atoms with van der Waals surface area (Å²) in [4.78, 5) is 8.59. The quantitative estimate of drug-likeness (QED) is 0.794. The molecular weight excluding hydrogens is 314 g/mol. The zero-order chi connectivity index (χ0) is 17.1. The highest BCUT2D eigenvalue weighted by atomic mass is 16.5. The number of nitrogens with one attached hydrogen (secondary N) is 1. The predicted octanol–water partition coefficient (Wildman–Crippen LogP) is 2.77. The molecule has 0 bridgehead atoms. The van der Waals surface area contributed by atoms with E-state index in [4.69, 9.17) is 4.74 Å². The average molecular weight is 335 g/mol. The lowest BCUT2D eigenvalue weighted by atomic mass is 10.0. The lowest BCUT2D eigenvalue weighted by Crippen LogP contribution is -2.34. The Balaban J connectivity index is 1.51. The first kappa shape index (κ1) is 15.8. The van der Waals surface area contributed by atoms with E-state index in [-0.39, 0.29) is 0 Å². The van der Waals surface area contributed by atoms with Crippen molar-refractivity contribution in [3.63, 3.8) is 0 Å². The molecule has 2 aromatic heterocycles. The number of benzene rings is 1. The maximum Gasteiger partial charge on any atom is 0.155 e. The van der Waals surface area contributed by atoms with Gasteiger partial charge in [-0.15, -0.1) is 0 Å². The van der Waals surface area contributed by atoms with Crippen molar-refractivity contribution in [2.45, 2.75) is 25.9 Å². The first-order valence-electron chi connectivity index (χ1n) is 8.60. The number of piperidine rings is 1. The van der Waals surface area contributed by atoms with Crippen molar-refractivity contribution < 1.29 is 4.74 Å². The molecule has 0 unspecified atom stereocenters. The zero-order valence-electron chi connectivity index (χ0n) is 14.2. The number of hydrogen-bond acceptors (Lipinski definition) is 5. The third-order valence-corrected chi connectivity index (χ3v) is 4.48. The fourth-order valence-corrected chi connectivity index (χ4v) is 3.13. The monoisotopic (exact) mass is 335 g/mol. The maximum absolute atomic E-state index is 6.07. The Kier molecular flexibility index (Phi) is 4.43. The van der Waals surface area contributed by atoms with E-state index in [1.807, 2.05) is 25.1 Å². The van der Waals surface area contributed by atoms with Crippen LogP contribution in [0.2, 0.25) is 0 Å². The Labute approximate surface area is 146 Å². The summed E-state index contributed by atoms with van der Waals surface area (Å²) in [7, 11) is 0. The largest absolute Gasteiger partial charge is 0.490 e. The second kappa shape index (κ2) is 7.03.